The van der Waals surface area contributed by atoms with Crippen LogP contribution in [0.25, 0.3) is 0 Å². The number of nitrogens with one attached hydrogen (secondary N) is 1. The van der Waals surface area contributed by atoms with Gasteiger partial charge in [0.25, 0.3) is 0 Å². The first-order chi connectivity index (χ1) is 11.5. The van der Waals surface area contributed by atoms with Crippen LogP contribution in [0.5, 0.6) is 0 Å². The van der Waals surface area contributed by atoms with Gasteiger partial charge >= 0.3 is 0 Å². The van der Waals surface area contributed by atoms with E-state index in [2.05, 4.69) is 55.6 Å². The lowest BCUT2D eigenvalue weighted by Gasteiger charge is -2.21. The third kappa shape index (κ3) is 5.54. The van der Waals surface area contributed by atoms with Gasteiger partial charge in [0.1, 0.15) is 11.1 Å². The summed E-state index contributed by atoms with van der Waals surface area (Å²) in [5.41, 5.74) is 1.03. The van der Waals surface area contributed by atoms with E-state index in [1.165, 1.54) is 4.88 Å². The number of methoxy groups -OCH3 is 1. The fraction of sp³-hybridized carbons (Fsp3) is 0.500. The highest BCUT2D eigenvalue weighted by Gasteiger charge is 2.12. The zero-order valence-electron chi connectivity index (χ0n) is 14.4. The summed E-state index contributed by atoms with van der Waals surface area (Å²) < 4.78 is 6.46. The first-order valence-corrected chi connectivity index (χ1v) is 10.2. The van der Waals surface area contributed by atoms with Crippen LogP contribution in [0.1, 0.15) is 35.5 Å². The van der Waals surface area contributed by atoms with Crippen LogP contribution in [0.4, 0.5) is 0 Å². The largest absolute Gasteiger partial charge is 0.375 e. The average molecular weight is 431 g/mol. The van der Waals surface area contributed by atoms with Crippen LogP contribution in [-0.2, 0) is 17.8 Å². The lowest BCUT2D eigenvalue weighted by atomic mass is 10.4. The molecule has 1 N–H and O–H groups in total. The standard InChI is InChI=1S/C16H23BrN4OS2/c1-5-18-16(19-8-13-6-7-14(17)24-13)21(3)9-12-10-23-15(20-12)11(2)22-4/h6-7,10-11H,5,8-9H2,1-4H3,(H,18,19). The van der Waals surface area contributed by atoms with Gasteiger partial charge in [0.2, 0.25) is 0 Å². The minimum Gasteiger partial charge on any atom is -0.375 e. The molecule has 132 valence electrons. The summed E-state index contributed by atoms with van der Waals surface area (Å²) in [6.07, 6.45) is 0.0354. The number of guanidine groups is 1. The van der Waals surface area contributed by atoms with Gasteiger partial charge < -0.3 is 15.0 Å². The van der Waals surface area contributed by atoms with E-state index >= 15 is 0 Å². The van der Waals surface area contributed by atoms with E-state index in [4.69, 9.17) is 9.73 Å². The number of thiophene rings is 1. The minimum absolute atomic E-state index is 0.0354. The number of nitrogens with zero attached hydrogens (tertiary/aromatic N) is 3. The van der Waals surface area contributed by atoms with Crippen molar-refractivity contribution in [2.24, 2.45) is 4.99 Å². The fourth-order valence-corrected chi connectivity index (χ4v) is 4.31. The monoisotopic (exact) mass is 430 g/mol. The number of hydrogen-bond donors (Lipinski definition) is 1. The molecule has 0 saturated heterocycles. The van der Waals surface area contributed by atoms with Crippen molar-refractivity contribution < 1.29 is 4.74 Å². The van der Waals surface area contributed by atoms with Crippen LogP contribution in [0.3, 0.4) is 0 Å². The summed E-state index contributed by atoms with van der Waals surface area (Å²) in [5, 5.41) is 6.43. The van der Waals surface area contributed by atoms with Crippen molar-refractivity contribution in [2.75, 3.05) is 20.7 Å². The molecule has 1 unspecified atom stereocenters. The maximum Gasteiger partial charge on any atom is 0.194 e. The number of ether oxygens (including phenoxy) is 1. The van der Waals surface area contributed by atoms with Gasteiger partial charge in [-0.25, -0.2) is 9.98 Å². The Bertz CT molecular complexity index is 671. The SMILES string of the molecule is CCNC(=NCc1ccc(Br)s1)N(C)Cc1csc(C(C)OC)n1. The Morgan fingerprint density at radius 3 is 2.92 bits per heavy atom. The molecule has 24 heavy (non-hydrogen) atoms. The Morgan fingerprint density at radius 2 is 2.29 bits per heavy atom. The van der Waals surface area contributed by atoms with Crippen molar-refractivity contribution in [1.82, 2.24) is 15.2 Å². The molecule has 8 heteroatoms. The molecule has 0 aliphatic carbocycles. The molecule has 0 fully saturated rings. The summed E-state index contributed by atoms with van der Waals surface area (Å²) in [6.45, 7) is 6.31. The summed E-state index contributed by atoms with van der Waals surface area (Å²) in [6, 6.07) is 4.15. The zero-order valence-corrected chi connectivity index (χ0v) is 17.6. The molecule has 0 spiro atoms. The second kappa shape index (κ2) is 9.50. The van der Waals surface area contributed by atoms with E-state index in [0.717, 1.165) is 27.0 Å². The normalized spacial score (nSPS) is 13.1. The molecule has 0 amide bonds. The first kappa shape index (κ1) is 19.4. The van der Waals surface area contributed by atoms with Gasteiger partial charge in [0.05, 0.1) is 22.6 Å². The second-order valence-electron chi connectivity index (χ2n) is 5.29. The molecule has 5 nitrogen and oxygen atoms in total. The third-order valence-corrected chi connectivity index (χ3v) is 6.04. The molecule has 0 bridgehead atoms. The maximum atomic E-state index is 5.33. The van der Waals surface area contributed by atoms with Crippen LogP contribution in [0.2, 0.25) is 0 Å². The summed E-state index contributed by atoms with van der Waals surface area (Å²) in [4.78, 5) is 12.7. The van der Waals surface area contributed by atoms with E-state index in [1.54, 1.807) is 29.8 Å². The Morgan fingerprint density at radius 1 is 1.50 bits per heavy atom. The molecule has 2 aromatic heterocycles. The van der Waals surface area contributed by atoms with Crippen LogP contribution in [0.15, 0.2) is 26.3 Å². The number of aromatic nitrogens is 1. The summed E-state index contributed by atoms with van der Waals surface area (Å²) in [7, 11) is 3.74. The third-order valence-electron chi connectivity index (χ3n) is 3.38. The topological polar surface area (TPSA) is 49.8 Å². The van der Waals surface area contributed by atoms with Crippen molar-refractivity contribution in [1.29, 1.82) is 0 Å². The van der Waals surface area contributed by atoms with E-state index in [-0.39, 0.29) is 6.10 Å². The highest BCUT2D eigenvalue weighted by Crippen LogP contribution is 2.23. The molecular formula is C16H23BrN4OS2. The van der Waals surface area contributed by atoms with Crippen LogP contribution in [0, 0.1) is 0 Å². The summed E-state index contributed by atoms with van der Waals surface area (Å²) >= 11 is 6.84. The number of aliphatic imine (C=N–C) groups is 1. The van der Waals surface area contributed by atoms with E-state index in [9.17, 15) is 0 Å². The Hall–Kier alpha value is -0.960. The Kier molecular flexibility index (Phi) is 7.67. The zero-order chi connectivity index (χ0) is 17.5. The van der Waals surface area contributed by atoms with Gasteiger partial charge in [-0.3, -0.25) is 0 Å². The van der Waals surface area contributed by atoms with E-state index in [0.29, 0.717) is 13.1 Å². The molecule has 0 aliphatic heterocycles. The van der Waals surface area contributed by atoms with Crippen molar-refractivity contribution >= 4 is 44.6 Å². The molecule has 0 radical (unpaired) electrons. The van der Waals surface area contributed by atoms with Gasteiger partial charge in [0.15, 0.2) is 5.96 Å². The van der Waals surface area contributed by atoms with Crippen LogP contribution >= 0.6 is 38.6 Å². The van der Waals surface area contributed by atoms with Gasteiger partial charge in [-0.2, -0.15) is 0 Å². The lowest BCUT2D eigenvalue weighted by Crippen LogP contribution is -2.38. The highest BCUT2D eigenvalue weighted by atomic mass is 79.9. The van der Waals surface area contributed by atoms with Crippen LogP contribution in [-0.4, -0.2) is 36.5 Å². The lowest BCUT2D eigenvalue weighted by molar-refractivity contribution is 0.119. The van der Waals surface area contributed by atoms with E-state index < -0.39 is 0 Å². The number of thiazole rings is 1. The molecule has 1 atom stereocenters. The highest BCUT2D eigenvalue weighted by molar-refractivity contribution is 9.11. The molecule has 0 saturated carbocycles. The average Bonchev–Trinajstić information content (AvgIpc) is 3.19. The van der Waals surface area contributed by atoms with Gasteiger partial charge in [-0.05, 0) is 41.9 Å². The minimum atomic E-state index is 0.0354. The van der Waals surface area contributed by atoms with Gasteiger partial charge in [-0.1, -0.05) is 0 Å². The molecular weight excluding hydrogens is 408 g/mol. The number of halogens is 1. The molecule has 2 aromatic rings. The van der Waals surface area contributed by atoms with Crippen molar-refractivity contribution in [3.63, 3.8) is 0 Å². The van der Waals surface area contributed by atoms with Crippen molar-refractivity contribution in [3.8, 4) is 0 Å². The van der Waals surface area contributed by atoms with Crippen molar-refractivity contribution in [2.45, 2.75) is 33.0 Å². The predicted molar refractivity (Wildman–Crippen MR) is 106 cm³/mol. The Balaban J connectivity index is 2.02. The number of hydrogen-bond acceptors (Lipinski definition) is 5. The Labute approximate surface area is 159 Å². The second-order valence-corrected chi connectivity index (χ2v) is 8.72. The van der Waals surface area contributed by atoms with Gasteiger partial charge in [-0.15, -0.1) is 22.7 Å². The van der Waals surface area contributed by atoms with Crippen LogP contribution < -0.4 is 5.32 Å². The molecule has 0 aromatic carbocycles. The fourth-order valence-electron chi connectivity index (χ4n) is 2.06. The first-order valence-electron chi connectivity index (χ1n) is 7.74. The molecule has 0 aliphatic rings. The molecule has 2 rings (SSSR count). The predicted octanol–water partition coefficient (Wildman–Crippen LogP) is 4.27. The van der Waals surface area contributed by atoms with Crippen molar-refractivity contribution in [3.05, 3.63) is 36.9 Å². The number of rotatable bonds is 7. The quantitative estimate of drug-likeness (QED) is 0.526. The smallest absolute Gasteiger partial charge is 0.194 e. The molecule has 2 heterocycles. The van der Waals surface area contributed by atoms with Gasteiger partial charge in [0, 0.05) is 31.0 Å². The maximum absolute atomic E-state index is 5.33. The van der Waals surface area contributed by atoms with E-state index in [1.807, 2.05) is 14.0 Å². The summed E-state index contributed by atoms with van der Waals surface area (Å²) in [5.74, 6) is 0.886.